The molecule has 0 fully saturated rings. The van der Waals surface area contributed by atoms with Crippen LogP contribution in [0.15, 0.2) is 47.9 Å². The van der Waals surface area contributed by atoms with Gasteiger partial charge in [-0.25, -0.2) is 9.18 Å². The summed E-state index contributed by atoms with van der Waals surface area (Å²) in [6, 6.07) is 6.00. The van der Waals surface area contributed by atoms with E-state index < -0.39 is 29.6 Å². The number of rotatable bonds is 14. The first-order chi connectivity index (χ1) is 21.7. The topological polar surface area (TPSA) is 128 Å². The third-order valence-electron chi connectivity index (χ3n) is 6.50. The van der Waals surface area contributed by atoms with E-state index in [1.807, 2.05) is 12.1 Å². The van der Waals surface area contributed by atoms with Crippen LogP contribution < -0.4 is 10.1 Å². The van der Waals surface area contributed by atoms with Crippen LogP contribution in [0.5, 0.6) is 5.75 Å². The fourth-order valence-corrected chi connectivity index (χ4v) is 4.55. The van der Waals surface area contributed by atoms with Crippen molar-refractivity contribution in [2.24, 2.45) is 0 Å². The average Bonchev–Trinajstić information content (AvgIpc) is 3.66. The molecule has 1 amide bonds. The Bertz CT molecular complexity index is 1630. The highest BCUT2D eigenvalue weighted by molar-refractivity contribution is 5.94. The maximum absolute atomic E-state index is 14.8. The van der Waals surface area contributed by atoms with E-state index in [9.17, 15) is 22.4 Å². The zero-order valence-corrected chi connectivity index (χ0v) is 26.0. The Hall–Kier alpha value is -4.66. The summed E-state index contributed by atoms with van der Waals surface area (Å²) in [7, 11) is 0. The Morgan fingerprint density at radius 2 is 1.91 bits per heavy atom. The van der Waals surface area contributed by atoms with Crippen molar-refractivity contribution in [2.75, 3.05) is 31.6 Å². The Labute approximate surface area is 262 Å². The molecule has 0 bridgehead atoms. The number of amides is 1. The van der Waals surface area contributed by atoms with Gasteiger partial charge >= 0.3 is 12.5 Å². The van der Waals surface area contributed by atoms with Crippen LogP contribution in [0.1, 0.15) is 51.7 Å². The van der Waals surface area contributed by atoms with Crippen molar-refractivity contribution in [2.45, 2.75) is 59.0 Å². The normalized spacial score (nSPS) is 11.9. The molecule has 4 aromatic rings. The van der Waals surface area contributed by atoms with Gasteiger partial charge in [0.15, 0.2) is 17.9 Å². The summed E-state index contributed by atoms with van der Waals surface area (Å²) in [4.78, 5) is 18.5. The number of hydrogen-bond acceptors (Lipinski definition) is 9. The molecule has 2 heterocycles. The number of carbonyl (C=O) groups excluding carboxylic acids is 1. The molecule has 0 unspecified atom stereocenters. The van der Waals surface area contributed by atoms with E-state index >= 15 is 0 Å². The maximum Gasteiger partial charge on any atom is 0.573 e. The van der Waals surface area contributed by atoms with E-state index in [1.165, 1.54) is 24.2 Å². The molecule has 2 N–H and O–H groups in total. The van der Waals surface area contributed by atoms with Crippen LogP contribution in [-0.4, -0.2) is 69.6 Å². The molecule has 4 rings (SSSR count). The first-order valence-corrected chi connectivity index (χ1v) is 14.5. The molecule has 0 radical (unpaired) electrons. The minimum atomic E-state index is -5.08. The zero-order chi connectivity index (χ0) is 33.5. The van der Waals surface area contributed by atoms with Crippen molar-refractivity contribution in [3.63, 3.8) is 0 Å². The van der Waals surface area contributed by atoms with E-state index in [2.05, 4.69) is 37.0 Å². The molecule has 11 nitrogen and oxygen atoms in total. The molecule has 15 heteroatoms. The van der Waals surface area contributed by atoms with Crippen LogP contribution in [0.4, 0.5) is 28.0 Å². The number of aromatic nitrogens is 4. The van der Waals surface area contributed by atoms with Gasteiger partial charge in [0, 0.05) is 48.4 Å². The molecule has 0 atom stereocenters. The predicted octanol–water partition coefficient (Wildman–Crippen LogP) is 7.33. The smallest absolute Gasteiger partial charge is 0.444 e. The molecule has 2 aromatic carbocycles. The fourth-order valence-electron chi connectivity index (χ4n) is 4.55. The summed E-state index contributed by atoms with van der Waals surface area (Å²) in [5, 5.41) is 14.9. The second kappa shape index (κ2) is 14.6. The molecule has 248 valence electrons. The molecule has 0 saturated carbocycles. The first kappa shape index (κ1) is 34.2. The van der Waals surface area contributed by atoms with Crippen LogP contribution in [0.2, 0.25) is 0 Å². The van der Waals surface area contributed by atoms with Crippen LogP contribution >= 0.6 is 0 Å². The standard InChI is InChI=1S/C31H36F4N6O5/c1-19(2)22-12-20(13-24(32)27(22)44-31(33,34)35)17-41(29(42)45-30(3,4)5)9-6-7-10-43-11-8-36-25-14-21(28-37-18-39-46-28)15-26-23(25)16-38-40-26/h12-16,18,36H,1,6-11,17H2,2-5H3,(H,38,40). The van der Waals surface area contributed by atoms with Crippen molar-refractivity contribution < 1.29 is 41.1 Å². The lowest BCUT2D eigenvalue weighted by molar-refractivity contribution is -0.275. The third kappa shape index (κ3) is 9.67. The maximum atomic E-state index is 14.8. The number of anilines is 1. The van der Waals surface area contributed by atoms with E-state index in [0.717, 1.165) is 28.2 Å². The molecule has 0 aliphatic heterocycles. The molecular weight excluding hydrogens is 612 g/mol. The summed E-state index contributed by atoms with van der Waals surface area (Å²) in [6.45, 7) is 11.7. The predicted molar refractivity (Wildman–Crippen MR) is 162 cm³/mol. The van der Waals surface area contributed by atoms with Gasteiger partial charge in [-0.15, -0.1) is 13.2 Å². The number of ether oxygens (including phenoxy) is 3. The number of nitrogens with zero attached hydrogens (tertiary/aromatic N) is 4. The van der Waals surface area contributed by atoms with Gasteiger partial charge in [0.1, 0.15) is 5.60 Å². The summed E-state index contributed by atoms with van der Waals surface area (Å²) in [5.41, 5.74) is 1.84. The van der Waals surface area contributed by atoms with Gasteiger partial charge in [-0.3, -0.25) is 5.10 Å². The molecule has 0 aliphatic carbocycles. The van der Waals surface area contributed by atoms with E-state index in [0.29, 0.717) is 38.5 Å². The van der Waals surface area contributed by atoms with Crippen molar-refractivity contribution in [3.8, 4) is 17.2 Å². The number of hydrogen-bond donors (Lipinski definition) is 2. The molecule has 0 saturated heterocycles. The number of unbranched alkanes of at least 4 members (excludes halogenated alkanes) is 1. The van der Waals surface area contributed by atoms with E-state index in [1.54, 1.807) is 27.0 Å². The van der Waals surface area contributed by atoms with E-state index in [4.69, 9.17) is 14.0 Å². The number of nitrogens with one attached hydrogen (secondary N) is 2. The minimum absolute atomic E-state index is 0.103. The third-order valence-corrected chi connectivity index (χ3v) is 6.50. The van der Waals surface area contributed by atoms with Gasteiger partial charge < -0.3 is 29.0 Å². The van der Waals surface area contributed by atoms with Gasteiger partial charge in [-0.2, -0.15) is 10.1 Å². The Morgan fingerprint density at radius 1 is 1.13 bits per heavy atom. The largest absolute Gasteiger partial charge is 0.573 e. The van der Waals surface area contributed by atoms with Crippen molar-refractivity contribution in [1.82, 2.24) is 25.2 Å². The summed E-state index contributed by atoms with van der Waals surface area (Å²) < 4.78 is 73.8. The lowest BCUT2D eigenvalue weighted by atomic mass is 10.0. The van der Waals surface area contributed by atoms with Crippen molar-refractivity contribution in [3.05, 3.63) is 60.3 Å². The Morgan fingerprint density at radius 3 is 2.59 bits per heavy atom. The SMILES string of the molecule is C=C(C)c1cc(CN(CCCCOCCNc2cc(-c3ncno3)cc3[nH]ncc23)C(=O)OC(C)(C)C)cc(F)c1OC(F)(F)F. The number of allylic oxidation sites excluding steroid dienone is 1. The highest BCUT2D eigenvalue weighted by Crippen LogP contribution is 2.34. The molecule has 0 spiro atoms. The number of benzene rings is 2. The van der Waals surface area contributed by atoms with Crippen molar-refractivity contribution in [1.29, 1.82) is 0 Å². The van der Waals surface area contributed by atoms with Gasteiger partial charge in [0.05, 0.1) is 18.3 Å². The highest BCUT2D eigenvalue weighted by atomic mass is 19.4. The molecule has 2 aromatic heterocycles. The average molecular weight is 649 g/mol. The second-order valence-electron chi connectivity index (χ2n) is 11.5. The molecule has 0 aliphatic rings. The Balaban J connectivity index is 1.31. The number of fused-ring (bicyclic) bond motifs is 1. The number of halogens is 4. The summed E-state index contributed by atoms with van der Waals surface area (Å²) in [6.07, 6.45) is -1.56. The first-order valence-electron chi connectivity index (χ1n) is 14.5. The van der Waals surface area contributed by atoms with Gasteiger partial charge in [0.2, 0.25) is 0 Å². The van der Waals surface area contributed by atoms with Gasteiger partial charge in [-0.05, 0) is 75.9 Å². The second-order valence-corrected chi connectivity index (χ2v) is 11.5. The molecule has 46 heavy (non-hydrogen) atoms. The highest BCUT2D eigenvalue weighted by Gasteiger charge is 2.34. The van der Waals surface area contributed by atoms with Crippen LogP contribution in [-0.2, 0) is 16.0 Å². The van der Waals surface area contributed by atoms with Crippen LogP contribution in [0.3, 0.4) is 0 Å². The summed E-state index contributed by atoms with van der Waals surface area (Å²) in [5.74, 6) is -1.80. The fraction of sp³-hybridized carbons (Fsp3) is 0.419. The number of H-pyrrole nitrogens is 1. The van der Waals surface area contributed by atoms with Crippen molar-refractivity contribution >= 4 is 28.3 Å². The van der Waals surface area contributed by atoms with Crippen LogP contribution in [0, 0.1) is 5.82 Å². The zero-order valence-electron chi connectivity index (χ0n) is 26.0. The van der Waals surface area contributed by atoms with Gasteiger partial charge in [0.25, 0.3) is 5.89 Å². The van der Waals surface area contributed by atoms with Gasteiger partial charge in [-0.1, -0.05) is 11.7 Å². The Kier molecular flexibility index (Phi) is 10.9. The quantitative estimate of drug-likeness (QED) is 0.107. The lowest BCUT2D eigenvalue weighted by Gasteiger charge is -2.28. The number of alkyl halides is 3. The number of carbonyl (C=O) groups is 1. The monoisotopic (exact) mass is 648 g/mol. The van der Waals surface area contributed by atoms with Crippen LogP contribution in [0.25, 0.3) is 27.9 Å². The molecular formula is C31H36F4N6O5. The number of aromatic amines is 1. The van der Waals surface area contributed by atoms with E-state index in [-0.39, 0.29) is 29.8 Å². The summed E-state index contributed by atoms with van der Waals surface area (Å²) >= 11 is 0. The lowest BCUT2D eigenvalue weighted by Crippen LogP contribution is -2.37. The minimum Gasteiger partial charge on any atom is -0.444 e.